The number of oxime groups is 1. The van der Waals surface area contributed by atoms with Crippen molar-refractivity contribution in [3.05, 3.63) is 0 Å². The summed E-state index contributed by atoms with van der Waals surface area (Å²) in [4.78, 5) is 14.5. The van der Waals surface area contributed by atoms with Crippen molar-refractivity contribution in [1.29, 1.82) is 0 Å². The van der Waals surface area contributed by atoms with Gasteiger partial charge in [-0.25, -0.2) is 0 Å². The smallest absolute Gasteiger partial charge is 0.236 e. The van der Waals surface area contributed by atoms with Crippen LogP contribution >= 0.6 is 0 Å². The molecule has 0 aliphatic rings. The summed E-state index contributed by atoms with van der Waals surface area (Å²) in [6.07, 6.45) is 3.42. The first kappa shape index (κ1) is 18.7. The molecule has 0 heterocycles. The Labute approximate surface area is 121 Å². The number of hydrogen-bond acceptors (Lipinski definition) is 4. The van der Waals surface area contributed by atoms with Crippen molar-refractivity contribution in [1.82, 2.24) is 4.90 Å². The van der Waals surface area contributed by atoms with Gasteiger partial charge >= 0.3 is 0 Å². The molecule has 0 radical (unpaired) electrons. The van der Waals surface area contributed by atoms with Gasteiger partial charge in [0.05, 0.1) is 6.61 Å². The van der Waals surface area contributed by atoms with Gasteiger partial charge < -0.3 is 20.9 Å². The second-order valence-electron chi connectivity index (χ2n) is 5.08. The van der Waals surface area contributed by atoms with Gasteiger partial charge in [-0.05, 0) is 19.3 Å². The van der Waals surface area contributed by atoms with Crippen LogP contribution in [0.5, 0.6) is 0 Å². The Morgan fingerprint density at radius 1 is 1.15 bits per heavy atom. The molecule has 0 unspecified atom stereocenters. The van der Waals surface area contributed by atoms with E-state index in [2.05, 4.69) is 5.16 Å². The van der Waals surface area contributed by atoms with Crippen LogP contribution in [0.25, 0.3) is 0 Å². The lowest BCUT2D eigenvalue weighted by Crippen LogP contribution is -2.52. The minimum absolute atomic E-state index is 0.0229. The second kappa shape index (κ2) is 9.58. The lowest BCUT2D eigenvalue weighted by Gasteiger charge is -2.36. The molecule has 0 aromatic rings. The van der Waals surface area contributed by atoms with Crippen molar-refractivity contribution in [2.45, 2.75) is 52.9 Å². The molecule has 6 nitrogen and oxygen atoms in total. The fraction of sp³-hybridized carbons (Fsp3) is 0.857. The highest BCUT2D eigenvalue weighted by Crippen LogP contribution is 2.33. The maximum Gasteiger partial charge on any atom is 0.236 e. The van der Waals surface area contributed by atoms with Crippen LogP contribution in [0.15, 0.2) is 5.16 Å². The predicted octanol–water partition coefficient (Wildman–Crippen LogP) is 1.55. The van der Waals surface area contributed by atoms with Crippen LogP contribution in [0.1, 0.15) is 52.9 Å². The van der Waals surface area contributed by atoms with Crippen LogP contribution in [0.2, 0.25) is 0 Å². The molecule has 4 N–H and O–H groups in total. The van der Waals surface area contributed by atoms with Gasteiger partial charge in [0.2, 0.25) is 5.91 Å². The maximum absolute atomic E-state index is 12.9. The Morgan fingerprint density at radius 2 is 1.70 bits per heavy atom. The first-order valence-electron chi connectivity index (χ1n) is 7.42. The third-order valence-electron chi connectivity index (χ3n) is 3.51. The van der Waals surface area contributed by atoms with Crippen molar-refractivity contribution >= 4 is 11.7 Å². The molecule has 0 rings (SSSR count). The topological polar surface area (TPSA) is 99.2 Å². The van der Waals surface area contributed by atoms with E-state index in [1.54, 1.807) is 4.90 Å². The number of carbonyl (C=O) groups is 1. The highest BCUT2D eigenvalue weighted by atomic mass is 16.4. The predicted molar refractivity (Wildman–Crippen MR) is 79.6 cm³/mol. The van der Waals surface area contributed by atoms with Crippen molar-refractivity contribution in [3.63, 3.8) is 0 Å². The number of aliphatic hydroxyl groups is 1. The monoisotopic (exact) mass is 287 g/mol. The molecule has 0 aliphatic heterocycles. The number of nitrogens with two attached hydrogens (primary N) is 1. The minimum Gasteiger partial charge on any atom is -0.409 e. The first-order valence-corrected chi connectivity index (χ1v) is 7.42. The Balaban J connectivity index is 5.50. The molecule has 0 aromatic heterocycles. The van der Waals surface area contributed by atoms with E-state index in [-0.39, 0.29) is 24.9 Å². The standard InChI is InChI=1S/C14H29N3O3/c1-4-7-14(8-5-2,12(15)16-20)13(19)17(9-6-3)10-11-18/h18,20H,4-11H2,1-3H3,(H2,15,16). The number of carbonyl (C=O) groups excluding carboxylic acids is 1. The second-order valence-corrected chi connectivity index (χ2v) is 5.08. The molecule has 0 aromatic carbocycles. The third-order valence-corrected chi connectivity index (χ3v) is 3.51. The van der Waals surface area contributed by atoms with Gasteiger partial charge in [0.25, 0.3) is 0 Å². The van der Waals surface area contributed by atoms with E-state index in [1.165, 1.54) is 0 Å². The fourth-order valence-electron chi connectivity index (χ4n) is 2.66. The van der Waals surface area contributed by atoms with Crippen LogP contribution in [0.4, 0.5) is 0 Å². The Hall–Kier alpha value is -1.30. The molecule has 0 saturated carbocycles. The van der Waals surface area contributed by atoms with Gasteiger partial charge in [0.15, 0.2) is 5.84 Å². The quantitative estimate of drug-likeness (QED) is 0.246. The van der Waals surface area contributed by atoms with Crippen molar-refractivity contribution in [3.8, 4) is 0 Å². The lowest BCUT2D eigenvalue weighted by atomic mass is 9.76. The van der Waals surface area contributed by atoms with Crippen LogP contribution in [-0.2, 0) is 4.79 Å². The van der Waals surface area contributed by atoms with E-state index in [4.69, 9.17) is 16.0 Å². The van der Waals surface area contributed by atoms with Gasteiger partial charge in [-0.1, -0.05) is 38.8 Å². The summed E-state index contributed by atoms with van der Waals surface area (Å²) in [7, 11) is 0. The van der Waals surface area contributed by atoms with E-state index < -0.39 is 5.41 Å². The largest absolute Gasteiger partial charge is 0.409 e. The summed E-state index contributed by atoms with van der Waals surface area (Å²) < 4.78 is 0. The Kier molecular flexibility index (Phi) is 8.96. The average Bonchev–Trinajstić information content (AvgIpc) is 2.45. The van der Waals surface area contributed by atoms with E-state index in [9.17, 15) is 4.79 Å². The van der Waals surface area contributed by atoms with Gasteiger partial charge in [0, 0.05) is 13.1 Å². The SMILES string of the molecule is CCCN(CCO)C(=O)C(CCC)(CCC)C(N)=NO. The summed E-state index contributed by atoms with van der Waals surface area (Å²) in [6, 6.07) is 0. The minimum atomic E-state index is -0.956. The zero-order valence-corrected chi connectivity index (χ0v) is 12.9. The molecule has 118 valence electrons. The van der Waals surface area contributed by atoms with Gasteiger partial charge in [-0.15, -0.1) is 0 Å². The molecule has 6 heteroatoms. The molecular formula is C14H29N3O3. The number of amides is 1. The lowest BCUT2D eigenvalue weighted by molar-refractivity contribution is -0.139. The first-order chi connectivity index (χ1) is 9.53. The van der Waals surface area contributed by atoms with Crippen LogP contribution < -0.4 is 5.73 Å². The van der Waals surface area contributed by atoms with E-state index in [0.717, 1.165) is 19.3 Å². The van der Waals surface area contributed by atoms with Gasteiger partial charge in [-0.3, -0.25) is 4.79 Å². The molecule has 0 fully saturated rings. The molecular weight excluding hydrogens is 258 g/mol. The number of aliphatic hydroxyl groups excluding tert-OH is 1. The molecule has 1 amide bonds. The molecule has 0 atom stereocenters. The molecule has 0 aliphatic carbocycles. The highest BCUT2D eigenvalue weighted by molar-refractivity contribution is 6.06. The Morgan fingerprint density at radius 3 is 2.05 bits per heavy atom. The molecule has 0 saturated heterocycles. The van der Waals surface area contributed by atoms with E-state index in [1.807, 2.05) is 20.8 Å². The molecule has 20 heavy (non-hydrogen) atoms. The number of nitrogens with zero attached hydrogens (tertiary/aromatic N) is 2. The van der Waals surface area contributed by atoms with Crippen LogP contribution in [-0.4, -0.2) is 46.7 Å². The average molecular weight is 287 g/mol. The number of rotatable bonds is 10. The van der Waals surface area contributed by atoms with Crippen molar-refractivity contribution < 1.29 is 15.1 Å². The van der Waals surface area contributed by atoms with Crippen LogP contribution in [0.3, 0.4) is 0 Å². The highest BCUT2D eigenvalue weighted by Gasteiger charge is 2.43. The third kappa shape index (κ3) is 4.37. The zero-order valence-electron chi connectivity index (χ0n) is 12.9. The molecule has 0 spiro atoms. The maximum atomic E-state index is 12.9. The summed E-state index contributed by atoms with van der Waals surface area (Å²) in [5.74, 6) is -0.169. The summed E-state index contributed by atoms with van der Waals surface area (Å²) in [5, 5.41) is 21.3. The fourth-order valence-corrected chi connectivity index (χ4v) is 2.66. The summed E-state index contributed by atoms with van der Waals surface area (Å²) in [5.41, 5.74) is 4.89. The van der Waals surface area contributed by atoms with Gasteiger partial charge in [0.1, 0.15) is 5.41 Å². The normalized spacial score (nSPS) is 12.5. The summed E-state index contributed by atoms with van der Waals surface area (Å²) >= 11 is 0. The van der Waals surface area contributed by atoms with Crippen LogP contribution in [0, 0.1) is 5.41 Å². The summed E-state index contributed by atoms with van der Waals surface area (Å²) in [6.45, 7) is 6.67. The van der Waals surface area contributed by atoms with E-state index >= 15 is 0 Å². The van der Waals surface area contributed by atoms with Crippen molar-refractivity contribution in [2.24, 2.45) is 16.3 Å². The van der Waals surface area contributed by atoms with Gasteiger partial charge in [-0.2, -0.15) is 0 Å². The molecule has 0 bridgehead atoms. The Bertz CT molecular complexity index is 307. The zero-order chi connectivity index (χ0) is 15.6. The van der Waals surface area contributed by atoms with Crippen molar-refractivity contribution in [2.75, 3.05) is 19.7 Å². The number of amidine groups is 1. The number of hydrogen-bond donors (Lipinski definition) is 3. The van der Waals surface area contributed by atoms with E-state index in [0.29, 0.717) is 19.4 Å².